The smallest absolute Gasteiger partial charge is 0.193 e. The third kappa shape index (κ3) is 1.53. The van der Waals surface area contributed by atoms with Crippen LogP contribution >= 0.6 is 11.3 Å². The Morgan fingerprint density at radius 1 is 1.46 bits per heavy atom. The minimum absolute atomic E-state index is 0.290. The molecular formula is C8H4N4S. The van der Waals surface area contributed by atoms with E-state index in [1.165, 1.54) is 17.5 Å². The quantitative estimate of drug-likeness (QED) is 0.679. The summed E-state index contributed by atoms with van der Waals surface area (Å²) in [5.41, 5.74) is 0.290. The van der Waals surface area contributed by atoms with Crippen LogP contribution in [0.2, 0.25) is 0 Å². The third-order valence-corrected chi connectivity index (χ3v) is 2.28. The number of nitrogens with zero attached hydrogens (tertiary/aromatic N) is 4. The highest BCUT2D eigenvalue weighted by atomic mass is 32.1. The second kappa shape index (κ2) is 3.29. The van der Waals surface area contributed by atoms with Gasteiger partial charge in [0.25, 0.3) is 0 Å². The lowest BCUT2D eigenvalue weighted by atomic mass is 10.4. The van der Waals surface area contributed by atoms with Gasteiger partial charge in [0.15, 0.2) is 11.5 Å². The van der Waals surface area contributed by atoms with Crippen molar-refractivity contribution in [2.75, 3.05) is 0 Å². The summed E-state index contributed by atoms with van der Waals surface area (Å²) < 4.78 is 0. The molecule has 0 amide bonds. The van der Waals surface area contributed by atoms with Crippen molar-refractivity contribution in [2.45, 2.75) is 0 Å². The van der Waals surface area contributed by atoms with Crippen LogP contribution in [0.5, 0.6) is 0 Å². The number of thiophene rings is 1. The minimum Gasteiger partial charge on any atom is -0.213 e. The van der Waals surface area contributed by atoms with Crippen molar-refractivity contribution in [3.05, 3.63) is 29.4 Å². The van der Waals surface area contributed by atoms with Gasteiger partial charge in [0.05, 0.1) is 11.1 Å². The molecule has 0 atom stereocenters. The summed E-state index contributed by atoms with van der Waals surface area (Å²) in [6.45, 7) is 0. The van der Waals surface area contributed by atoms with Crippen LogP contribution in [0.1, 0.15) is 5.69 Å². The molecule has 0 aliphatic carbocycles. The normalized spacial score (nSPS) is 9.46. The molecule has 0 fully saturated rings. The molecule has 0 aliphatic rings. The molecule has 0 aromatic carbocycles. The van der Waals surface area contributed by atoms with Gasteiger partial charge in [-0.1, -0.05) is 6.07 Å². The zero-order valence-corrected chi connectivity index (χ0v) is 7.32. The van der Waals surface area contributed by atoms with Gasteiger partial charge in [-0.2, -0.15) is 10.4 Å². The van der Waals surface area contributed by atoms with E-state index in [0.29, 0.717) is 11.5 Å². The first kappa shape index (κ1) is 7.83. The van der Waals surface area contributed by atoms with Gasteiger partial charge >= 0.3 is 0 Å². The van der Waals surface area contributed by atoms with Gasteiger partial charge in [-0.15, -0.1) is 16.4 Å². The molecule has 5 heteroatoms. The Balaban J connectivity index is 2.49. The lowest BCUT2D eigenvalue weighted by molar-refractivity contribution is 0.971. The Hall–Kier alpha value is -1.80. The molecule has 2 rings (SSSR count). The Kier molecular flexibility index (Phi) is 1.98. The molecule has 0 radical (unpaired) electrons. The van der Waals surface area contributed by atoms with Gasteiger partial charge in [0.2, 0.25) is 0 Å². The largest absolute Gasteiger partial charge is 0.213 e. The molecular weight excluding hydrogens is 184 g/mol. The highest BCUT2D eigenvalue weighted by Gasteiger charge is 2.03. The van der Waals surface area contributed by atoms with Crippen LogP contribution in [-0.2, 0) is 0 Å². The molecule has 0 saturated heterocycles. The first-order valence-electron chi connectivity index (χ1n) is 3.54. The Labute approximate surface area is 78.5 Å². The zero-order valence-electron chi connectivity index (χ0n) is 6.51. The maximum absolute atomic E-state index is 8.58. The average molecular weight is 188 g/mol. The summed E-state index contributed by atoms with van der Waals surface area (Å²) in [4.78, 5) is 4.93. The van der Waals surface area contributed by atoms with Gasteiger partial charge in [0.1, 0.15) is 6.07 Å². The molecule has 13 heavy (non-hydrogen) atoms. The number of rotatable bonds is 1. The first-order chi connectivity index (χ1) is 6.40. The molecule has 0 N–H and O–H groups in total. The SMILES string of the molecule is N#Cc1cnnc(-c2cccs2)n1. The van der Waals surface area contributed by atoms with E-state index in [4.69, 9.17) is 5.26 Å². The molecule has 0 unspecified atom stereocenters. The number of nitriles is 1. The van der Waals surface area contributed by atoms with Crippen molar-refractivity contribution >= 4 is 11.3 Å². The predicted molar refractivity (Wildman–Crippen MR) is 47.9 cm³/mol. The third-order valence-electron chi connectivity index (χ3n) is 1.41. The summed E-state index contributed by atoms with van der Waals surface area (Å²) in [7, 11) is 0. The Morgan fingerprint density at radius 2 is 2.38 bits per heavy atom. The maximum Gasteiger partial charge on any atom is 0.193 e. The standard InChI is InChI=1S/C8H4N4S/c9-4-6-5-10-12-8(11-6)7-2-1-3-13-7/h1-3,5H. The van der Waals surface area contributed by atoms with E-state index in [2.05, 4.69) is 15.2 Å². The fourth-order valence-electron chi connectivity index (χ4n) is 0.868. The van der Waals surface area contributed by atoms with E-state index in [0.717, 1.165) is 4.88 Å². The van der Waals surface area contributed by atoms with E-state index >= 15 is 0 Å². The van der Waals surface area contributed by atoms with E-state index < -0.39 is 0 Å². The summed E-state index contributed by atoms with van der Waals surface area (Å²) >= 11 is 1.52. The molecule has 0 saturated carbocycles. The van der Waals surface area contributed by atoms with Gasteiger partial charge in [-0.25, -0.2) is 4.98 Å². The number of hydrogen-bond donors (Lipinski definition) is 0. The van der Waals surface area contributed by atoms with E-state index in [1.54, 1.807) is 0 Å². The molecule has 2 aromatic rings. The second-order valence-corrected chi connectivity index (χ2v) is 3.20. The van der Waals surface area contributed by atoms with Crippen molar-refractivity contribution in [2.24, 2.45) is 0 Å². The number of aromatic nitrogens is 3. The summed E-state index contributed by atoms with van der Waals surface area (Å²) in [5.74, 6) is 0.508. The van der Waals surface area contributed by atoms with Crippen LogP contribution < -0.4 is 0 Å². The highest BCUT2D eigenvalue weighted by molar-refractivity contribution is 7.13. The van der Waals surface area contributed by atoms with Crippen LogP contribution in [0.3, 0.4) is 0 Å². The van der Waals surface area contributed by atoms with E-state index in [1.807, 2.05) is 23.6 Å². The lowest BCUT2D eigenvalue weighted by Crippen LogP contribution is -1.92. The van der Waals surface area contributed by atoms with Crippen molar-refractivity contribution in [3.8, 4) is 16.8 Å². The molecule has 2 aromatic heterocycles. The molecule has 0 bridgehead atoms. The Bertz CT molecular complexity index is 443. The van der Waals surface area contributed by atoms with Gasteiger partial charge in [-0.3, -0.25) is 0 Å². The molecule has 0 aliphatic heterocycles. The average Bonchev–Trinajstić information content (AvgIpc) is 2.71. The molecule has 4 nitrogen and oxygen atoms in total. The van der Waals surface area contributed by atoms with Crippen LogP contribution in [-0.4, -0.2) is 15.2 Å². The zero-order chi connectivity index (χ0) is 9.10. The molecule has 2 heterocycles. The first-order valence-corrected chi connectivity index (χ1v) is 4.42. The minimum atomic E-state index is 0.290. The van der Waals surface area contributed by atoms with Crippen LogP contribution in [0.15, 0.2) is 23.7 Å². The summed E-state index contributed by atoms with van der Waals surface area (Å²) in [5, 5.41) is 18.0. The molecule has 62 valence electrons. The van der Waals surface area contributed by atoms with E-state index in [-0.39, 0.29) is 0 Å². The fourth-order valence-corrected chi connectivity index (χ4v) is 1.52. The van der Waals surface area contributed by atoms with Gasteiger partial charge in [0, 0.05) is 0 Å². The fraction of sp³-hybridized carbons (Fsp3) is 0. The highest BCUT2D eigenvalue weighted by Crippen LogP contribution is 2.19. The van der Waals surface area contributed by atoms with Crippen molar-refractivity contribution < 1.29 is 0 Å². The van der Waals surface area contributed by atoms with Crippen LogP contribution in [0.4, 0.5) is 0 Å². The summed E-state index contributed by atoms with van der Waals surface area (Å²) in [6, 6.07) is 5.72. The van der Waals surface area contributed by atoms with Crippen LogP contribution in [0.25, 0.3) is 10.7 Å². The Morgan fingerprint density at radius 3 is 3.08 bits per heavy atom. The summed E-state index contributed by atoms with van der Waals surface area (Å²) in [6.07, 6.45) is 1.34. The van der Waals surface area contributed by atoms with Gasteiger partial charge in [-0.05, 0) is 11.4 Å². The van der Waals surface area contributed by atoms with Crippen molar-refractivity contribution in [3.63, 3.8) is 0 Å². The molecule has 0 spiro atoms. The lowest BCUT2D eigenvalue weighted by Gasteiger charge is -1.92. The second-order valence-electron chi connectivity index (χ2n) is 2.25. The van der Waals surface area contributed by atoms with Gasteiger partial charge < -0.3 is 0 Å². The van der Waals surface area contributed by atoms with E-state index in [9.17, 15) is 0 Å². The topological polar surface area (TPSA) is 62.5 Å². The monoisotopic (exact) mass is 188 g/mol. The predicted octanol–water partition coefficient (Wildman–Crippen LogP) is 1.47. The number of hydrogen-bond acceptors (Lipinski definition) is 5. The van der Waals surface area contributed by atoms with Crippen molar-refractivity contribution in [1.29, 1.82) is 5.26 Å². The maximum atomic E-state index is 8.58. The van der Waals surface area contributed by atoms with Crippen LogP contribution in [0, 0.1) is 11.3 Å². The van der Waals surface area contributed by atoms with Crippen molar-refractivity contribution in [1.82, 2.24) is 15.2 Å².